The van der Waals surface area contributed by atoms with E-state index in [1.807, 2.05) is 44.2 Å². The lowest BCUT2D eigenvalue weighted by Crippen LogP contribution is -2.39. The van der Waals surface area contributed by atoms with Crippen molar-refractivity contribution in [2.24, 2.45) is 7.05 Å². The average Bonchev–Trinajstić information content (AvgIpc) is 2.95. The van der Waals surface area contributed by atoms with Crippen molar-refractivity contribution < 1.29 is 27.6 Å². The largest absolute Gasteiger partial charge is 0.744 e. The summed E-state index contributed by atoms with van der Waals surface area (Å²) in [7, 11) is -2.76. The zero-order valence-electron chi connectivity index (χ0n) is 16.9. The number of nitrogens with two attached hydrogens (primary N) is 1. The third kappa shape index (κ3) is 5.65. The summed E-state index contributed by atoms with van der Waals surface area (Å²) in [5.41, 5.74) is 8.32. The average molecular weight is 433 g/mol. The van der Waals surface area contributed by atoms with Gasteiger partial charge in [0.25, 0.3) is 11.5 Å². The summed E-state index contributed by atoms with van der Waals surface area (Å²) in [6.45, 7) is 4.14. The molecular formula is C20H24N4O5S. The molecule has 3 rings (SSSR count). The summed E-state index contributed by atoms with van der Waals surface area (Å²) in [6, 6.07) is 14.3. The van der Waals surface area contributed by atoms with E-state index in [4.69, 9.17) is 10.8 Å². The van der Waals surface area contributed by atoms with Gasteiger partial charge in [0.2, 0.25) is 0 Å². The molecule has 1 heterocycles. The number of aromatic carboxylic acids is 1. The fourth-order valence-electron chi connectivity index (χ4n) is 2.89. The normalized spacial score (nSPS) is 10.9. The number of nitrogens with zero attached hydrogens (tertiary/aromatic N) is 3. The smallest absolute Gasteiger partial charge is 0.376 e. The molecular weight excluding hydrogens is 408 g/mol. The molecule has 30 heavy (non-hydrogen) atoms. The third-order valence-electron chi connectivity index (χ3n) is 4.33. The van der Waals surface area contributed by atoms with Gasteiger partial charge in [0.1, 0.15) is 16.7 Å². The summed E-state index contributed by atoms with van der Waals surface area (Å²) in [6.07, 6.45) is 0.554. The number of aryl methyl sites for hydroxylation is 3. The molecule has 0 aliphatic carbocycles. The molecule has 0 saturated carbocycles. The highest BCUT2D eigenvalue weighted by atomic mass is 32.2. The molecule has 3 aromatic rings. The number of rotatable bonds is 5. The molecule has 3 N–H and O–H groups in total. The molecule has 10 heteroatoms. The van der Waals surface area contributed by atoms with Crippen LogP contribution in [0.4, 0.5) is 5.82 Å². The molecule has 0 radical (unpaired) electrons. The highest BCUT2D eigenvalue weighted by Crippen LogP contribution is 2.17. The Labute approximate surface area is 175 Å². The van der Waals surface area contributed by atoms with Gasteiger partial charge in [-0.3, -0.25) is 0 Å². The van der Waals surface area contributed by atoms with Crippen LogP contribution in [0, 0.1) is 6.92 Å². The van der Waals surface area contributed by atoms with Gasteiger partial charge in [-0.2, -0.15) is 4.68 Å². The highest BCUT2D eigenvalue weighted by molar-refractivity contribution is 7.85. The molecule has 0 aliphatic heterocycles. The van der Waals surface area contributed by atoms with Gasteiger partial charge in [-0.1, -0.05) is 55.0 Å². The molecule has 0 bridgehead atoms. The van der Waals surface area contributed by atoms with Crippen molar-refractivity contribution in [1.29, 1.82) is 0 Å². The minimum Gasteiger partial charge on any atom is -0.744 e. The predicted octanol–water partition coefficient (Wildman–Crippen LogP) is 1.50. The highest BCUT2D eigenvalue weighted by Gasteiger charge is 2.25. The van der Waals surface area contributed by atoms with Gasteiger partial charge in [-0.15, -0.1) is 4.68 Å². The van der Waals surface area contributed by atoms with Crippen molar-refractivity contribution in [3.05, 3.63) is 70.9 Å². The molecule has 0 atom stereocenters. The van der Waals surface area contributed by atoms with E-state index in [1.165, 1.54) is 15.4 Å². The number of carbonyl (C=O) groups is 1. The van der Waals surface area contributed by atoms with Crippen LogP contribution in [0.25, 0.3) is 0 Å². The second-order valence-corrected chi connectivity index (χ2v) is 7.96. The number of aromatic nitrogens is 3. The van der Waals surface area contributed by atoms with Gasteiger partial charge in [0, 0.05) is 5.21 Å². The summed E-state index contributed by atoms with van der Waals surface area (Å²) in [4.78, 5) is 10.9. The first-order valence-electron chi connectivity index (χ1n) is 9.09. The van der Waals surface area contributed by atoms with E-state index < -0.39 is 16.1 Å². The van der Waals surface area contributed by atoms with E-state index in [1.54, 1.807) is 19.2 Å². The molecule has 1 aromatic heterocycles. The molecule has 0 unspecified atom stereocenters. The van der Waals surface area contributed by atoms with Crippen LogP contribution >= 0.6 is 0 Å². The number of nitrogen functional groups attached to an aromatic ring is 1. The second-order valence-electron chi connectivity index (χ2n) is 6.61. The quantitative estimate of drug-likeness (QED) is 0.459. The Morgan fingerprint density at radius 3 is 2.37 bits per heavy atom. The van der Waals surface area contributed by atoms with Crippen LogP contribution in [0.1, 0.15) is 34.1 Å². The van der Waals surface area contributed by atoms with Crippen LogP contribution in [0.5, 0.6) is 0 Å². The van der Waals surface area contributed by atoms with Crippen molar-refractivity contribution >= 4 is 21.9 Å². The Bertz CT molecular complexity index is 1140. The molecule has 0 aliphatic rings. The predicted molar refractivity (Wildman–Crippen MR) is 109 cm³/mol. The van der Waals surface area contributed by atoms with Gasteiger partial charge in [-0.25, -0.2) is 13.2 Å². The summed E-state index contributed by atoms with van der Waals surface area (Å²) < 4.78 is 35.0. The van der Waals surface area contributed by atoms with Crippen molar-refractivity contribution in [2.75, 3.05) is 5.73 Å². The maximum atomic E-state index is 11.0. The first-order chi connectivity index (χ1) is 14.0. The van der Waals surface area contributed by atoms with Gasteiger partial charge in [0.05, 0.1) is 11.9 Å². The van der Waals surface area contributed by atoms with Gasteiger partial charge in [0.15, 0.2) is 0 Å². The molecule has 0 amide bonds. The van der Waals surface area contributed by atoms with E-state index in [0.29, 0.717) is 18.5 Å². The monoisotopic (exact) mass is 432 g/mol. The summed E-state index contributed by atoms with van der Waals surface area (Å²) in [5, 5.41) is 13.0. The standard InChI is InChI=1S/C11H12N4O2.C9H12O3S/c1-14-9(11(16)17)10(12)15(13-14)7-8-5-3-2-4-6-8;1-3-8-6-7(2)4-5-9(8)13(10,11)12/h2-6H,7H2,1H3,(H2-,12,13,16,17);4-6H,3H2,1-2H3,(H,10,11,12). The number of hydrogen-bond donors (Lipinski definition) is 2. The Balaban J connectivity index is 0.000000222. The molecule has 0 saturated heterocycles. The van der Waals surface area contributed by atoms with E-state index in [-0.39, 0.29) is 16.4 Å². The van der Waals surface area contributed by atoms with Crippen molar-refractivity contribution in [3.63, 3.8) is 0 Å². The maximum Gasteiger partial charge on any atom is 0.376 e. The minimum absolute atomic E-state index is 0.000862. The van der Waals surface area contributed by atoms with Crippen LogP contribution in [0.2, 0.25) is 0 Å². The van der Waals surface area contributed by atoms with Gasteiger partial charge < -0.3 is 15.4 Å². The van der Waals surface area contributed by atoms with Crippen molar-refractivity contribution in [3.8, 4) is 0 Å². The Kier molecular flexibility index (Phi) is 7.30. The fraction of sp³-hybridized carbons (Fsp3) is 0.250. The van der Waals surface area contributed by atoms with Crippen LogP contribution in [0.15, 0.2) is 53.4 Å². The molecule has 9 nitrogen and oxygen atoms in total. The fourth-order valence-corrected chi connectivity index (χ4v) is 3.65. The Hall–Kier alpha value is -3.24. The second kappa shape index (κ2) is 9.51. The minimum atomic E-state index is -4.31. The van der Waals surface area contributed by atoms with Crippen LogP contribution in [0.3, 0.4) is 0 Å². The molecule has 160 valence electrons. The van der Waals surface area contributed by atoms with Crippen LogP contribution in [-0.4, -0.2) is 33.9 Å². The van der Waals surface area contributed by atoms with Gasteiger partial charge in [-0.05, 0) is 30.5 Å². The zero-order valence-corrected chi connectivity index (χ0v) is 17.8. The first kappa shape index (κ1) is 23.0. The van der Waals surface area contributed by atoms with E-state index in [0.717, 1.165) is 11.1 Å². The molecule has 0 spiro atoms. The van der Waals surface area contributed by atoms with E-state index in [2.05, 4.69) is 5.21 Å². The third-order valence-corrected chi connectivity index (χ3v) is 5.27. The SMILES string of the molecule is CCc1cc(C)ccc1S(=O)(=O)[O-].Cn1n[n+](Cc2ccccc2)c(N)c1C(=O)O. The molecule has 0 fully saturated rings. The zero-order chi connectivity index (χ0) is 22.5. The van der Waals surface area contributed by atoms with Crippen LogP contribution < -0.4 is 10.4 Å². The number of benzene rings is 2. The Morgan fingerprint density at radius 2 is 1.87 bits per heavy atom. The number of carboxylic acid groups (broad SMARTS) is 1. The summed E-state index contributed by atoms with van der Waals surface area (Å²) in [5.74, 6) is -0.923. The lowest BCUT2D eigenvalue weighted by Gasteiger charge is -2.12. The van der Waals surface area contributed by atoms with E-state index >= 15 is 0 Å². The van der Waals surface area contributed by atoms with Crippen molar-refractivity contribution in [2.45, 2.75) is 31.7 Å². The van der Waals surface area contributed by atoms with E-state index in [9.17, 15) is 17.8 Å². The lowest BCUT2D eigenvalue weighted by molar-refractivity contribution is -0.734. The topological polar surface area (TPSA) is 142 Å². The summed E-state index contributed by atoms with van der Waals surface area (Å²) >= 11 is 0. The maximum absolute atomic E-state index is 11.0. The van der Waals surface area contributed by atoms with Crippen LogP contribution in [-0.2, 0) is 30.1 Å². The number of hydrogen-bond acceptors (Lipinski definition) is 6. The molecule has 2 aromatic carbocycles. The number of carboxylic acids is 1. The first-order valence-corrected chi connectivity index (χ1v) is 10.5. The lowest BCUT2D eigenvalue weighted by atomic mass is 10.1. The Morgan fingerprint density at radius 1 is 1.23 bits per heavy atom. The van der Waals surface area contributed by atoms with Crippen molar-refractivity contribution in [1.82, 2.24) is 9.90 Å². The number of anilines is 1. The van der Waals surface area contributed by atoms with Gasteiger partial charge >= 0.3 is 5.97 Å².